The molecule has 4 rings (SSSR count). The van der Waals surface area contributed by atoms with Crippen LogP contribution in [0.5, 0.6) is 5.75 Å². The first-order chi connectivity index (χ1) is 17.1. The molecule has 1 atom stereocenters. The van der Waals surface area contributed by atoms with Crippen molar-refractivity contribution < 1.29 is 22.9 Å². The SMILES string of the molecule is O=C(COc1cccc([N+](=O)[O-])c1)N(Cc1ccc(-c2ccc(Cl)cc2Cl)cc1)C1CCS(=O)(=O)C1. The second-order valence-electron chi connectivity index (χ2n) is 8.44. The van der Waals surface area contributed by atoms with Gasteiger partial charge < -0.3 is 9.64 Å². The van der Waals surface area contributed by atoms with Crippen molar-refractivity contribution >= 4 is 44.6 Å². The van der Waals surface area contributed by atoms with E-state index in [4.69, 9.17) is 27.9 Å². The summed E-state index contributed by atoms with van der Waals surface area (Å²) in [6.07, 6.45) is 0.337. The molecule has 0 bridgehead atoms. The van der Waals surface area contributed by atoms with Gasteiger partial charge in [0.15, 0.2) is 16.4 Å². The Kier molecular flexibility index (Phi) is 7.82. The molecule has 1 unspecified atom stereocenters. The summed E-state index contributed by atoms with van der Waals surface area (Å²) in [6, 6.07) is 17.7. The number of halogens is 2. The van der Waals surface area contributed by atoms with Crippen LogP contribution < -0.4 is 4.74 Å². The van der Waals surface area contributed by atoms with E-state index in [1.807, 2.05) is 30.3 Å². The molecule has 1 aliphatic heterocycles. The van der Waals surface area contributed by atoms with E-state index < -0.39 is 26.7 Å². The molecule has 0 aliphatic carbocycles. The van der Waals surface area contributed by atoms with Crippen LogP contribution in [0.2, 0.25) is 10.0 Å². The van der Waals surface area contributed by atoms with Crippen LogP contribution in [0.4, 0.5) is 5.69 Å². The van der Waals surface area contributed by atoms with Crippen LogP contribution in [0, 0.1) is 10.1 Å². The van der Waals surface area contributed by atoms with Crippen LogP contribution in [0.25, 0.3) is 11.1 Å². The van der Waals surface area contributed by atoms with E-state index in [2.05, 4.69) is 0 Å². The van der Waals surface area contributed by atoms with E-state index in [0.29, 0.717) is 16.5 Å². The molecule has 1 amide bonds. The average Bonchev–Trinajstić information content (AvgIpc) is 3.21. The van der Waals surface area contributed by atoms with E-state index in [-0.39, 0.29) is 36.1 Å². The van der Waals surface area contributed by atoms with Gasteiger partial charge >= 0.3 is 0 Å². The zero-order valence-corrected chi connectivity index (χ0v) is 21.3. The van der Waals surface area contributed by atoms with Crippen LogP contribution >= 0.6 is 23.2 Å². The Morgan fingerprint density at radius 3 is 2.47 bits per heavy atom. The third kappa shape index (κ3) is 6.34. The molecule has 8 nitrogen and oxygen atoms in total. The molecule has 0 aromatic heterocycles. The third-order valence-electron chi connectivity index (χ3n) is 5.91. The van der Waals surface area contributed by atoms with Gasteiger partial charge in [-0.05, 0) is 35.7 Å². The average molecular weight is 549 g/mol. The predicted molar refractivity (Wildman–Crippen MR) is 138 cm³/mol. The quantitative estimate of drug-likeness (QED) is 0.284. The monoisotopic (exact) mass is 548 g/mol. The maximum atomic E-state index is 13.1. The number of sulfone groups is 1. The molecule has 1 aliphatic rings. The van der Waals surface area contributed by atoms with Crippen LogP contribution in [-0.2, 0) is 21.2 Å². The lowest BCUT2D eigenvalue weighted by atomic mass is 10.0. The van der Waals surface area contributed by atoms with Gasteiger partial charge in [-0.15, -0.1) is 0 Å². The highest BCUT2D eigenvalue weighted by Gasteiger charge is 2.35. The number of non-ortho nitro benzene ring substituents is 1. The van der Waals surface area contributed by atoms with Crippen LogP contribution in [-0.4, -0.2) is 48.3 Å². The van der Waals surface area contributed by atoms with Gasteiger partial charge in [-0.25, -0.2) is 8.42 Å². The van der Waals surface area contributed by atoms with E-state index in [9.17, 15) is 23.3 Å². The second-order valence-corrected chi connectivity index (χ2v) is 11.5. The highest BCUT2D eigenvalue weighted by atomic mass is 35.5. The standard InChI is InChI=1S/C25H22Cl2N2O6S/c26-19-8-9-23(24(27)12-19)18-6-4-17(5-7-18)14-28(21-10-11-36(33,34)16-21)25(30)15-35-22-3-1-2-20(13-22)29(31)32/h1-9,12-13,21H,10-11,14-16H2. The molecule has 0 radical (unpaired) electrons. The maximum Gasteiger partial charge on any atom is 0.273 e. The molecule has 3 aromatic carbocycles. The van der Waals surface area contributed by atoms with E-state index in [0.717, 1.165) is 16.7 Å². The summed E-state index contributed by atoms with van der Waals surface area (Å²) >= 11 is 12.3. The summed E-state index contributed by atoms with van der Waals surface area (Å²) in [6.45, 7) is -0.192. The van der Waals surface area contributed by atoms with Gasteiger partial charge in [0.1, 0.15) is 5.75 Å². The fourth-order valence-electron chi connectivity index (χ4n) is 4.07. The van der Waals surface area contributed by atoms with Crippen molar-refractivity contribution in [2.45, 2.75) is 19.0 Å². The summed E-state index contributed by atoms with van der Waals surface area (Å²) in [5.74, 6) is -0.330. The summed E-state index contributed by atoms with van der Waals surface area (Å²) in [5, 5.41) is 12.0. The van der Waals surface area contributed by atoms with Gasteiger partial charge in [-0.3, -0.25) is 14.9 Å². The van der Waals surface area contributed by atoms with Gasteiger partial charge in [-0.2, -0.15) is 0 Å². The van der Waals surface area contributed by atoms with E-state index in [1.54, 1.807) is 12.1 Å². The molecule has 0 saturated carbocycles. The number of hydrogen-bond donors (Lipinski definition) is 0. The lowest BCUT2D eigenvalue weighted by molar-refractivity contribution is -0.384. The molecule has 3 aromatic rings. The number of hydrogen-bond acceptors (Lipinski definition) is 6. The smallest absolute Gasteiger partial charge is 0.273 e. The first-order valence-electron chi connectivity index (χ1n) is 11.0. The molecule has 11 heteroatoms. The van der Waals surface area contributed by atoms with Gasteiger partial charge in [0.25, 0.3) is 11.6 Å². The van der Waals surface area contributed by atoms with Crippen LogP contribution in [0.1, 0.15) is 12.0 Å². The van der Waals surface area contributed by atoms with Crippen molar-refractivity contribution in [1.29, 1.82) is 0 Å². The molecule has 1 fully saturated rings. The molecular weight excluding hydrogens is 527 g/mol. The molecule has 36 heavy (non-hydrogen) atoms. The number of nitrogens with zero attached hydrogens (tertiary/aromatic N) is 2. The minimum atomic E-state index is -3.23. The number of nitro groups is 1. The zero-order valence-electron chi connectivity index (χ0n) is 19.0. The summed E-state index contributed by atoms with van der Waals surface area (Å²) in [4.78, 5) is 25.1. The molecule has 0 N–H and O–H groups in total. The number of amides is 1. The normalized spacial score (nSPS) is 16.4. The van der Waals surface area contributed by atoms with Crippen molar-refractivity contribution in [1.82, 2.24) is 4.90 Å². The van der Waals surface area contributed by atoms with Crippen LogP contribution in [0.15, 0.2) is 66.7 Å². The number of ether oxygens (including phenoxy) is 1. The minimum Gasteiger partial charge on any atom is -0.484 e. The van der Waals surface area contributed by atoms with Crippen molar-refractivity contribution in [3.63, 3.8) is 0 Å². The highest BCUT2D eigenvalue weighted by Crippen LogP contribution is 2.31. The Bertz CT molecular complexity index is 1400. The van der Waals surface area contributed by atoms with Crippen molar-refractivity contribution in [2.75, 3.05) is 18.1 Å². The Morgan fingerprint density at radius 2 is 1.83 bits per heavy atom. The second kappa shape index (κ2) is 10.9. The van der Waals surface area contributed by atoms with Crippen molar-refractivity contribution in [3.05, 3.63) is 92.5 Å². The van der Waals surface area contributed by atoms with Crippen molar-refractivity contribution in [3.8, 4) is 16.9 Å². The van der Waals surface area contributed by atoms with Gasteiger partial charge in [0.05, 0.1) is 22.5 Å². The van der Waals surface area contributed by atoms with Crippen molar-refractivity contribution in [2.24, 2.45) is 0 Å². The topological polar surface area (TPSA) is 107 Å². The number of carbonyl (C=O) groups excluding carboxylic acids is 1. The highest BCUT2D eigenvalue weighted by molar-refractivity contribution is 7.91. The Labute approximate surface area is 218 Å². The number of benzene rings is 3. The first kappa shape index (κ1) is 25.9. The van der Waals surface area contributed by atoms with Gasteiger partial charge in [0, 0.05) is 34.3 Å². The Hall–Kier alpha value is -3.14. The number of carbonyl (C=O) groups is 1. The molecule has 188 valence electrons. The fourth-order valence-corrected chi connectivity index (χ4v) is 6.32. The largest absolute Gasteiger partial charge is 0.484 e. The molecular formula is C25H22Cl2N2O6S. The number of rotatable bonds is 8. The Morgan fingerprint density at radius 1 is 1.08 bits per heavy atom. The van der Waals surface area contributed by atoms with E-state index >= 15 is 0 Å². The lowest BCUT2D eigenvalue weighted by Crippen LogP contribution is -2.43. The molecule has 1 saturated heterocycles. The lowest BCUT2D eigenvalue weighted by Gasteiger charge is -2.28. The summed E-state index contributed by atoms with van der Waals surface area (Å²) in [5.41, 5.74) is 2.33. The summed E-state index contributed by atoms with van der Waals surface area (Å²) in [7, 11) is -3.23. The number of nitro benzene ring substituents is 1. The van der Waals surface area contributed by atoms with E-state index in [1.165, 1.54) is 29.2 Å². The summed E-state index contributed by atoms with van der Waals surface area (Å²) < 4.78 is 29.7. The Balaban J connectivity index is 1.51. The maximum absolute atomic E-state index is 13.1. The first-order valence-corrected chi connectivity index (χ1v) is 13.6. The molecule has 0 spiro atoms. The predicted octanol–water partition coefficient (Wildman–Crippen LogP) is 5.16. The van der Waals surface area contributed by atoms with Crippen LogP contribution in [0.3, 0.4) is 0 Å². The third-order valence-corrected chi connectivity index (χ3v) is 8.21. The van der Waals surface area contributed by atoms with Gasteiger partial charge in [-0.1, -0.05) is 59.6 Å². The molecule has 1 heterocycles. The fraction of sp³-hybridized carbons (Fsp3) is 0.240. The zero-order chi connectivity index (χ0) is 25.9. The minimum absolute atomic E-state index is 0.0151. The van der Waals surface area contributed by atoms with Gasteiger partial charge in [0.2, 0.25) is 0 Å².